The van der Waals surface area contributed by atoms with Crippen LogP contribution >= 0.6 is 0 Å². The second-order valence-electron chi connectivity index (χ2n) is 5.13. The minimum atomic E-state index is -0.488. The molecule has 1 unspecified atom stereocenters. The van der Waals surface area contributed by atoms with Gasteiger partial charge < -0.3 is 5.32 Å². The van der Waals surface area contributed by atoms with Crippen LogP contribution in [0.15, 0.2) is 33.9 Å². The van der Waals surface area contributed by atoms with Gasteiger partial charge in [0.2, 0.25) is 5.91 Å². The second kappa shape index (κ2) is 5.95. The number of carbonyl (C=O) groups excluding carboxylic acids is 1. The number of para-hydroxylation sites is 1. The summed E-state index contributed by atoms with van der Waals surface area (Å²) in [6.07, 6.45) is 0.814. The van der Waals surface area contributed by atoms with Crippen molar-refractivity contribution in [2.75, 3.05) is 0 Å². The zero-order valence-corrected chi connectivity index (χ0v) is 12.4. The highest BCUT2D eigenvalue weighted by molar-refractivity contribution is 5.81. The molecule has 0 fully saturated rings. The van der Waals surface area contributed by atoms with Crippen LogP contribution in [0, 0.1) is 0 Å². The molecular formula is C15H19N3O3. The molecule has 2 aromatic rings. The van der Waals surface area contributed by atoms with Gasteiger partial charge in [-0.1, -0.05) is 19.1 Å². The minimum absolute atomic E-state index is 0.0481. The number of benzene rings is 1. The molecule has 1 N–H and O–H groups in total. The zero-order valence-electron chi connectivity index (χ0n) is 12.4. The van der Waals surface area contributed by atoms with Gasteiger partial charge in [0.1, 0.15) is 6.54 Å². The summed E-state index contributed by atoms with van der Waals surface area (Å²) in [5.74, 6) is -0.241. The molecule has 1 amide bonds. The third kappa shape index (κ3) is 2.89. The van der Waals surface area contributed by atoms with Crippen molar-refractivity contribution in [3.63, 3.8) is 0 Å². The van der Waals surface area contributed by atoms with Gasteiger partial charge in [0.25, 0.3) is 5.56 Å². The fraction of sp³-hybridized carbons (Fsp3) is 0.400. The van der Waals surface area contributed by atoms with Gasteiger partial charge in [-0.05, 0) is 25.5 Å². The maximum Gasteiger partial charge on any atom is 0.331 e. The van der Waals surface area contributed by atoms with Crippen molar-refractivity contribution < 1.29 is 4.79 Å². The number of hydrogen-bond donors (Lipinski definition) is 1. The smallest absolute Gasteiger partial charge is 0.331 e. The average molecular weight is 289 g/mol. The van der Waals surface area contributed by atoms with E-state index in [1.807, 2.05) is 13.8 Å². The predicted octanol–water partition coefficient (Wildman–Crippen LogP) is 0.615. The maximum atomic E-state index is 12.2. The summed E-state index contributed by atoms with van der Waals surface area (Å²) in [6, 6.07) is 6.85. The van der Waals surface area contributed by atoms with Crippen molar-refractivity contribution in [2.24, 2.45) is 7.05 Å². The van der Waals surface area contributed by atoms with Crippen LogP contribution in [0.1, 0.15) is 20.3 Å². The average Bonchev–Trinajstić information content (AvgIpc) is 2.49. The number of nitrogens with one attached hydrogen (secondary N) is 1. The predicted molar refractivity (Wildman–Crippen MR) is 81.3 cm³/mol. The molecule has 1 heterocycles. The van der Waals surface area contributed by atoms with Gasteiger partial charge in [-0.25, -0.2) is 4.79 Å². The molecule has 1 aromatic heterocycles. The molecule has 1 atom stereocenters. The van der Waals surface area contributed by atoms with Crippen LogP contribution < -0.4 is 16.6 Å². The van der Waals surface area contributed by atoms with Crippen LogP contribution in [0.3, 0.4) is 0 Å². The van der Waals surface area contributed by atoms with E-state index in [2.05, 4.69) is 5.32 Å². The third-order valence-corrected chi connectivity index (χ3v) is 3.57. The van der Waals surface area contributed by atoms with E-state index in [0.29, 0.717) is 10.9 Å². The zero-order chi connectivity index (χ0) is 15.6. The van der Waals surface area contributed by atoms with E-state index in [-0.39, 0.29) is 24.1 Å². The Morgan fingerprint density at radius 1 is 1.29 bits per heavy atom. The standard InChI is InChI=1S/C15H19N3O3/c1-4-10(2)16-13(19)9-18-12-8-6-5-7-11(12)14(20)17(3)15(18)21/h5-8,10H,4,9H2,1-3H3,(H,16,19). The lowest BCUT2D eigenvalue weighted by Crippen LogP contribution is -2.42. The first kappa shape index (κ1) is 15.0. The first-order chi connectivity index (χ1) is 9.95. The van der Waals surface area contributed by atoms with Gasteiger partial charge in [0.05, 0.1) is 10.9 Å². The Bertz CT molecular complexity index is 789. The van der Waals surface area contributed by atoms with Crippen molar-refractivity contribution in [1.29, 1.82) is 0 Å². The molecule has 2 rings (SSSR count). The monoisotopic (exact) mass is 289 g/mol. The van der Waals surface area contributed by atoms with Crippen molar-refractivity contribution in [1.82, 2.24) is 14.5 Å². The molecule has 0 aliphatic rings. The Hall–Kier alpha value is -2.37. The molecule has 0 spiro atoms. The Labute approximate surface area is 122 Å². The van der Waals surface area contributed by atoms with Gasteiger partial charge in [-0.15, -0.1) is 0 Å². The molecule has 6 heteroatoms. The van der Waals surface area contributed by atoms with Crippen LogP contribution in [0.2, 0.25) is 0 Å². The van der Waals surface area contributed by atoms with Crippen LogP contribution in [0.5, 0.6) is 0 Å². The molecular weight excluding hydrogens is 270 g/mol. The molecule has 0 aliphatic heterocycles. The second-order valence-corrected chi connectivity index (χ2v) is 5.13. The van der Waals surface area contributed by atoms with Crippen LogP contribution in [0.25, 0.3) is 10.9 Å². The molecule has 6 nitrogen and oxygen atoms in total. The molecule has 112 valence electrons. The summed E-state index contributed by atoms with van der Waals surface area (Å²) in [7, 11) is 1.42. The van der Waals surface area contributed by atoms with Crippen LogP contribution in [-0.2, 0) is 18.4 Å². The minimum Gasteiger partial charge on any atom is -0.352 e. The van der Waals surface area contributed by atoms with Gasteiger partial charge in [-0.3, -0.25) is 18.7 Å². The topological polar surface area (TPSA) is 73.1 Å². The van der Waals surface area contributed by atoms with E-state index in [1.54, 1.807) is 24.3 Å². The summed E-state index contributed by atoms with van der Waals surface area (Å²) in [4.78, 5) is 36.3. The number of nitrogens with zero attached hydrogens (tertiary/aromatic N) is 2. The fourth-order valence-corrected chi connectivity index (χ4v) is 2.16. The fourth-order valence-electron chi connectivity index (χ4n) is 2.16. The molecule has 0 saturated carbocycles. The van der Waals surface area contributed by atoms with E-state index in [4.69, 9.17) is 0 Å². The third-order valence-electron chi connectivity index (χ3n) is 3.57. The lowest BCUT2D eigenvalue weighted by atomic mass is 10.2. The van der Waals surface area contributed by atoms with Crippen LogP contribution in [-0.4, -0.2) is 21.1 Å². The van der Waals surface area contributed by atoms with Gasteiger partial charge in [0, 0.05) is 13.1 Å². The van der Waals surface area contributed by atoms with E-state index >= 15 is 0 Å². The summed E-state index contributed by atoms with van der Waals surface area (Å²) in [6.45, 7) is 3.77. The number of aromatic nitrogens is 2. The number of rotatable bonds is 4. The van der Waals surface area contributed by atoms with E-state index in [1.165, 1.54) is 11.6 Å². The van der Waals surface area contributed by atoms with Gasteiger partial charge in [0.15, 0.2) is 0 Å². The SMILES string of the molecule is CCC(C)NC(=O)Cn1c(=O)n(C)c(=O)c2ccccc21. The number of fused-ring (bicyclic) bond motifs is 1. The number of hydrogen-bond acceptors (Lipinski definition) is 3. The van der Waals surface area contributed by atoms with Crippen molar-refractivity contribution in [2.45, 2.75) is 32.9 Å². The summed E-state index contributed by atoms with van der Waals surface area (Å²) in [5, 5.41) is 3.24. The lowest BCUT2D eigenvalue weighted by molar-refractivity contribution is -0.122. The maximum absolute atomic E-state index is 12.2. The van der Waals surface area contributed by atoms with Gasteiger partial charge in [-0.2, -0.15) is 0 Å². The lowest BCUT2D eigenvalue weighted by Gasteiger charge is -2.14. The molecule has 0 bridgehead atoms. The normalized spacial score (nSPS) is 12.3. The van der Waals surface area contributed by atoms with Gasteiger partial charge >= 0.3 is 5.69 Å². The highest BCUT2D eigenvalue weighted by atomic mass is 16.2. The van der Waals surface area contributed by atoms with Crippen molar-refractivity contribution in [3.8, 4) is 0 Å². The van der Waals surface area contributed by atoms with E-state index in [9.17, 15) is 14.4 Å². The Morgan fingerprint density at radius 2 is 1.95 bits per heavy atom. The van der Waals surface area contributed by atoms with Crippen molar-refractivity contribution in [3.05, 3.63) is 45.1 Å². The Kier molecular flexibility index (Phi) is 4.26. The molecule has 0 radical (unpaired) electrons. The summed E-state index contributed by atoms with van der Waals surface area (Å²) >= 11 is 0. The first-order valence-electron chi connectivity index (χ1n) is 6.93. The summed E-state index contributed by atoms with van der Waals surface area (Å²) in [5.41, 5.74) is -0.364. The number of carbonyl (C=O) groups is 1. The van der Waals surface area contributed by atoms with E-state index < -0.39 is 5.69 Å². The highest BCUT2D eigenvalue weighted by Gasteiger charge is 2.13. The first-order valence-corrected chi connectivity index (χ1v) is 6.93. The quantitative estimate of drug-likeness (QED) is 0.896. The van der Waals surface area contributed by atoms with E-state index in [0.717, 1.165) is 11.0 Å². The Morgan fingerprint density at radius 3 is 2.62 bits per heavy atom. The molecule has 0 aliphatic carbocycles. The number of amides is 1. The Balaban J connectivity index is 2.52. The van der Waals surface area contributed by atoms with Crippen molar-refractivity contribution >= 4 is 16.8 Å². The molecule has 0 saturated heterocycles. The molecule has 1 aromatic carbocycles. The largest absolute Gasteiger partial charge is 0.352 e. The highest BCUT2D eigenvalue weighted by Crippen LogP contribution is 2.07. The van der Waals surface area contributed by atoms with Crippen LogP contribution in [0.4, 0.5) is 0 Å². The summed E-state index contributed by atoms with van der Waals surface area (Å²) < 4.78 is 2.35. The molecule has 21 heavy (non-hydrogen) atoms.